The average Bonchev–Trinajstić information content (AvgIpc) is 2.45. The lowest BCUT2D eigenvalue weighted by atomic mass is 10.0. The van der Waals surface area contributed by atoms with Gasteiger partial charge in [0.1, 0.15) is 13.3 Å². The van der Waals surface area contributed by atoms with E-state index >= 15 is 0 Å². The summed E-state index contributed by atoms with van der Waals surface area (Å²) in [5, 5.41) is 0. The van der Waals surface area contributed by atoms with Gasteiger partial charge in [0.25, 0.3) is 0 Å². The summed E-state index contributed by atoms with van der Waals surface area (Å²) in [5.74, 6) is 0. The minimum atomic E-state index is -0.495. The summed E-state index contributed by atoms with van der Waals surface area (Å²) in [6.45, 7) is -0.990. The summed E-state index contributed by atoms with van der Waals surface area (Å²) in [6, 6.07) is 14.5. The molecule has 0 bridgehead atoms. The SMILES string of the molecule is FCc1ccccc1/C=C\c1ccccc1CF. The lowest BCUT2D eigenvalue weighted by Crippen LogP contribution is -1.86. The predicted molar refractivity (Wildman–Crippen MR) is 71.4 cm³/mol. The molecule has 2 aromatic carbocycles. The highest BCUT2D eigenvalue weighted by molar-refractivity contribution is 5.72. The van der Waals surface area contributed by atoms with Gasteiger partial charge < -0.3 is 0 Å². The molecule has 0 spiro atoms. The molecule has 0 atom stereocenters. The van der Waals surface area contributed by atoms with E-state index < -0.39 is 13.3 Å². The maximum atomic E-state index is 12.8. The highest BCUT2D eigenvalue weighted by atomic mass is 19.1. The van der Waals surface area contributed by atoms with Crippen LogP contribution >= 0.6 is 0 Å². The Labute approximate surface area is 106 Å². The molecule has 2 heteroatoms. The van der Waals surface area contributed by atoms with Crippen molar-refractivity contribution in [2.24, 2.45) is 0 Å². The molecule has 0 aliphatic rings. The van der Waals surface area contributed by atoms with Gasteiger partial charge in [-0.15, -0.1) is 0 Å². The molecular formula is C16H14F2. The van der Waals surface area contributed by atoms with Crippen molar-refractivity contribution in [3.05, 3.63) is 70.8 Å². The van der Waals surface area contributed by atoms with E-state index in [1.807, 2.05) is 48.6 Å². The van der Waals surface area contributed by atoms with Gasteiger partial charge in [-0.3, -0.25) is 0 Å². The summed E-state index contributed by atoms with van der Waals surface area (Å²) in [6.07, 6.45) is 3.65. The van der Waals surface area contributed by atoms with Gasteiger partial charge in [0.15, 0.2) is 0 Å². The van der Waals surface area contributed by atoms with Crippen molar-refractivity contribution in [2.45, 2.75) is 13.3 Å². The van der Waals surface area contributed by atoms with Crippen molar-refractivity contribution >= 4 is 12.2 Å². The second kappa shape index (κ2) is 6.10. The average molecular weight is 244 g/mol. The molecule has 2 aromatic rings. The summed E-state index contributed by atoms with van der Waals surface area (Å²) in [5.41, 5.74) is 2.94. The molecule has 0 radical (unpaired) electrons. The monoisotopic (exact) mass is 244 g/mol. The first-order chi connectivity index (χ1) is 8.85. The fourth-order valence-electron chi connectivity index (χ4n) is 1.82. The largest absolute Gasteiger partial charge is 0.246 e. The molecule has 18 heavy (non-hydrogen) atoms. The Morgan fingerprint density at radius 3 is 1.44 bits per heavy atom. The van der Waals surface area contributed by atoms with Crippen LogP contribution in [0.1, 0.15) is 22.3 Å². The summed E-state index contributed by atoms with van der Waals surface area (Å²) < 4.78 is 25.5. The molecule has 0 heterocycles. The smallest absolute Gasteiger partial charge is 0.115 e. The highest BCUT2D eigenvalue weighted by Gasteiger charge is 1.99. The van der Waals surface area contributed by atoms with Crippen LogP contribution in [-0.2, 0) is 13.3 Å². The molecule has 0 N–H and O–H groups in total. The zero-order chi connectivity index (χ0) is 12.8. The molecule has 0 aromatic heterocycles. The molecule has 0 nitrogen and oxygen atoms in total. The van der Waals surface area contributed by atoms with Crippen molar-refractivity contribution in [3.8, 4) is 0 Å². The van der Waals surface area contributed by atoms with Crippen LogP contribution in [0.4, 0.5) is 8.78 Å². The minimum Gasteiger partial charge on any atom is -0.246 e. The van der Waals surface area contributed by atoms with E-state index in [9.17, 15) is 8.78 Å². The molecule has 0 aliphatic heterocycles. The standard InChI is InChI=1S/C16H14F2/c17-11-15-7-3-1-5-13(15)9-10-14-6-2-4-8-16(14)12-18/h1-10H,11-12H2/b10-9-. The van der Waals surface area contributed by atoms with E-state index in [1.165, 1.54) is 0 Å². The lowest BCUT2D eigenvalue weighted by Gasteiger charge is -2.03. The van der Waals surface area contributed by atoms with Crippen molar-refractivity contribution in [1.29, 1.82) is 0 Å². The van der Waals surface area contributed by atoms with Crippen LogP contribution in [0, 0.1) is 0 Å². The van der Waals surface area contributed by atoms with Gasteiger partial charge in [-0.05, 0) is 22.3 Å². The van der Waals surface area contributed by atoms with Gasteiger partial charge >= 0.3 is 0 Å². The Morgan fingerprint density at radius 2 is 1.06 bits per heavy atom. The Morgan fingerprint density at radius 1 is 0.667 bits per heavy atom. The summed E-state index contributed by atoms with van der Waals surface area (Å²) in [4.78, 5) is 0. The van der Waals surface area contributed by atoms with Crippen molar-refractivity contribution in [2.75, 3.05) is 0 Å². The second-order valence-corrected chi connectivity index (χ2v) is 4.00. The number of hydrogen-bond acceptors (Lipinski definition) is 0. The molecule has 92 valence electrons. The quantitative estimate of drug-likeness (QED) is 0.678. The first kappa shape index (κ1) is 12.5. The Hall–Kier alpha value is -1.96. The van der Waals surface area contributed by atoms with Crippen molar-refractivity contribution in [1.82, 2.24) is 0 Å². The maximum absolute atomic E-state index is 12.8. The molecule has 0 aliphatic carbocycles. The number of rotatable bonds is 4. The van der Waals surface area contributed by atoms with Crippen LogP contribution in [0.15, 0.2) is 48.5 Å². The third-order valence-electron chi connectivity index (χ3n) is 2.84. The Balaban J connectivity index is 2.30. The molecule has 0 unspecified atom stereocenters. The van der Waals surface area contributed by atoms with Gasteiger partial charge in [0, 0.05) is 0 Å². The predicted octanol–water partition coefficient (Wildman–Crippen LogP) is 4.80. The number of benzene rings is 2. The van der Waals surface area contributed by atoms with Gasteiger partial charge in [-0.1, -0.05) is 60.7 Å². The zero-order valence-corrected chi connectivity index (χ0v) is 9.94. The second-order valence-electron chi connectivity index (χ2n) is 4.00. The fourth-order valence-corrected chi connectivity index (χ4v) is 1.82. The van der Waals surface area contributed by atoms with Crippen LogP contribution < -0.4 is 0 Å². The van der Waals surface area contributed by atoms with E-state index in [4.69, 9.17) is 0 Å². The Kier molecular flexibility index (Phi) is 4.24. The third kappa shape index (κ3) is 2.83. The van der Waals surface area contributed by atoms with E-state index in [0.29, 0.717) is 11.1 Å². The highest BCUT2D eigenvalue weighted by Crippen LogP contribution is 2.17. The fraction of sp³-hybridized carbons (Fsp3) is 0.125. The van der Waals surface area contributed by atoms with Gasteiger partial charge in [-0.25, -0.2) is 8.78 Å². The Bertz CT molecular complexity index is 495. The summed E-state index contributed by atoms with van der Waals surface area (Å²) >= 11 is 0. The first-order valence-electron chi connectivity index (χ1n) is 5.81. The van der Waals surface area contributed by atoms with Gasteiger partial charge in [0.05, 0.1) is 0 Å². The third-order valence-corrected chi connectivity index (χ3v) is 2.84. The maximum Gasteiger partial charge on any atom is 0.115 e. The number of hydrogen-bond donors (Lipinski definition) is 0. The van der Waals surface area contributed by atoms with E-state index in [0.717, 1.165) is 11.1 Å². The summed E-state index contributed by atoms with van der Waals surface area (Å²) in [7, 11) is 0. The lowest BCUT2D eigenvalue weighted by molar-refractivity contribution is 0.484. The topological polar surface area (TPSA) is 0 Å². The van der Waals surface area contributed by atoms with Crippen LogP contribution in [0.3, 0.4) is 0 Å². The van der Waals surface area contributed by atoms with E-state index in [2.05, 4.69) is 0 Å². The molecule has 2 rings (SSSR count). The molecule has 0 amide bonds. The number of halogens is 2. The van der Waals surface area contributed by atoms with Crippen molar-refractivity contribution in [3.63, 3.8) is 0 Å². The van der Waals surface area contributed by atoms with Gasteiger partial charge in [0.2, 0.25) is 0 Å². The first-order valence-corrected chi connectivity index (χ1v) is 5.81. The molecule has 0 saturated heterocycles. The number of alkyl halides is 2. The van der Waals surface area contributed by atoms with Crippen LogP contribution in [0.2, 0.25) is 0 Å². The van der Waals surface area contributed by atoms with Crippen LogP contribution in [0.5, 0.6) is 0 Å². The zero-order valence-electron chi connectivity index (χ0n) is 9.94. The molecular weight excluding hydrogens is 230 g/mol. The minimum absolute atomic E-state index is 0.495. The van der Waals surface area contributed by atoms with Crippen molar-refractivity contribution < 1.29 is 8.78 Å². The van der Waals surface area contributed by atoms with Crippen LogP contribution in [-0.4, -0.2) is 0 Å². The normalized spacial score (nSPS) is 11.0. The van der Waals surface area contributed by atoms with Gasteiger partial charge in [-0.2, -0.15) is 0 Å². The molecule has 0 saturated carbocycles. The van der Waals surface area contributed by atoms with E-state index in [1.54, 1.807) is 12.1 Å². The van der Waals surface area contributed by atoms with Crippen LogP contribution in [0.25, 0.3) is 12.2 Å². The van der Waals surface area contributed by atoms with E-state index in [-0.39, 0.29) is 0 Å². The molecule has 0 fully saturated rings.